The molecule has 0 aromatic heterocycles. The zero-order valence-electron chi connectivity index (χ0n) is 8.84. The molecule has 3 fully saturated rings. The van der Waals surface area contributed by atoms with Gasteiger partial charge in [0, 0.05) is 17.9 Å². The third kappa shape index (κ3) is 1.55. The molecule has 1 heterocycles. The Balaban J connectivity index is 1.63. The molecule has 0 amide bonds. The van der Waals surface area contributed by atoms with Gasteiger partial charge in [-0.15, -0.1) is 0 Å². The third-order valence-electron chi connectivity index (χ3n) is 4.65. The van der Waals surface area contributed by atoms with Gasteiger partial charge in [0.2, 0.25) is 0 Å². The van der Waals surface area contributed by atoms with Crippen LogP contribution in [-0.4, -0.2) is 29.4 Å². The summed E-state index contributed by atoms with van der Waals surface area (Å²) in [5, 5.41) is 1.23. The molecular formula is C12H20BrN. The van der Waals surface area contributed by atoms with Crippen molar-refractivity contribution in [3.05, 3.63) is 0 Å². The molecule has 2 unspecified atom stereocenters. The fourth-order valence-corrected chi connectivity index (χ4v) is 4.21. The second-order valence-corrected chi connectivity index (χ2v) is 6.21. The summed E-state index contributed by atoms with van der Waals surface area (Å²) < 4.78 is 0. The van der Waals surface area contributed by atoms with Gasteiger partial charge < -0.3 is 0 Å². The fraction of sp³-hybridized carbons (Fsp3) is 1.00. The number of likely N-dealkylation sites (tertiary alicyclic amines) is 1. The minimum Gasteiger partial charge on any atom is -0.300 e. The highest BCUT2D eigenvalue weighted by atomic mass is 79.9. The van der Waals surface area contributed by atoms with Crippen LogP contribution in [0.25, 0.3) is 0 Å². The predicted octanol–water partition coefficient (Wildman–Crippen LogP) is 3.04. The lowest BCUT2D eigenvalue weighted by molar-refractivity contribution is 0.204. The topological polar surface area (TPSA) is 3.24 Å². The van der Waals surface area contributed by atoms with E-state index in [4.69, 9.17) is 0 Å². The van der Waals surface area contributed by atoms with Gasteiger partial charge in [0.15, 0.2) is 0 Å². The van der Waals surface area contributed by atoms with Gasteiger partial charge in [-0.1, -0.05) is 22.4 Å². The van der Waals surface area contributed by atoms with E-state index in [-0.39, 0.29) is 0 Å². The standard InChI is InChI=1S/C12H20BrN/c13-8-12(5-6-12)9-14-7-4-10-2-1-3-11(10)14/h10-11H,1-9H2. The van der Waals surface area contributed by atoms with Crippen LogP contribution < -0.4 is 0 Å². The van der Waals surface area contributed by atoms with E-state index in [0.717, 1.165) is 12.0 Å². The predicted molar refractivity (Wildman–Crippen MR) is 62.8 cm³/mol. The van der Waals surface area contributed by atoms with E-state index in [0.29, 0.717) is 5.41 Å². The lowest BCUT2D eigenvalue weighted by atomic mass is 10.0. The van der Waals surface area contributed by atoms with Crippen molar-refractivity contribution < 1.29 is 0 Å². The number of rotatable bonds is 3. The zero-order chi connectivity index (χ0) is 9.60. The van der Waals surface area contributed by atoms with Crippen LogP contribution in [0.5, 0.6) is 0 Å². The molecule has 0 bridgehead atoms. The van der Waals surface area contributed by atoms with Crippen LogP contribution in [0.3, 0.4) is 0 Å². The summed E-state index contributed by atoms with van der Waals surface area (Å²) in [6, 6.07) is 0.978. The molecule has 0 radical (unpaired) electrons. The summed E-state index contributed by atoms with van der Waals surface area (Å²) in [5.41, 5.74) is 0.692. The summed E-state index contributed by atoms with van der Waals surface area (Å²) in [6.07, 6.45) is 8.92. The molecule has 0 N–H and O–H groups in total. The number of nitrogens with zero attached hydrogens (tertiary/aromatic N) is 1. The number of hydrogen-bond donors (Lipinski definition) is 0. The second-order valence-electron chi connectivity index (χ2n) is 5.65. The lowest BCUT2D eigenvalue weighted by Gasteiger charge is -2.27. The molecule has 2 saturated carbocycles. The van der Waals surface area contributed by atoms with Gasteiger partial charge in [0.05, 0.1) is 0 Å². The summed E-state index contributed by atoms with van der Waals surface area (Å²) in [6.45, 7) is 2.78. The molecule has 2 aliphatic carbocycles. The molecule has 3 rings (SSSR count). The highest BCUT2D eigenvalue weighted by Crippen LogP contribution is 2.50. The molecule has 2 atom stereocenters. The Labute approximate surface area is 95.4 Å². The highest BCUT2D eigenvalue weighted by Gasteiger charge is 2.46. The van der Waals surface area contributed by atoms with Gasteiger partial charge in [-0.2, -0.15) is 0 Å². The van der Waals surface area contributed by atoms with Crippen molar-refractivity contribution in [2.45, 2.75) is 44.6 Å². The Morgan fingerprint density at radius 2 is 2.07 bits per heavy atom. The maximum absolute atomic E-state index is 3.69. The molecule has 1 saturated heterocycles. The van der Waals surface area contributed by atoms with Crippen molar-refractivity contribution in [3.8, 4) is 0 Å². The SMILES string of the molecule is BrCC1(CN2CCC3CCCC32)CC1. The average Bonchev–Trinajstić information content (AvgIpc) is 2.66. The van der Waals surface area contributed by atoms with Gasteiger partial charge in [0.1, 0.15) is 0 Å². The number of fused-ring (bicyclic) bond motifs is 1. The van der Waals surface area contributed by atoms with Crippen LogP contribution in [0.1, 0.15) is 38.5 Å². The zero-order valence-corrected chi connectivity index (χ0v) is 10.4. The van der Waals surface area contributed by atoms with Crippen molar-refractivity contribution in [3.63, 3.8) is 0 Å². The number of alkyl halides is 1. The lowest BCUT2D eigenvalue weighted by Crippen LogP contribution is -2.35. The average molecular weight is 258 g/mol. The fourth-order valence-electron chi connectivity index (χ4n) is 3.47. The number of hydrogen-bond acceptors (Lipinski definition) is 1. The summed E-state index contributed by atoms with van der Waals surface area (Å²) in [4.78, 5) is 2.81. The van der Waals surface area contributed by atoms with Crippen LogP contribution >= 0.6 is 15.9 Å². The molecule has 0 aromatic rings. The molecule has 0 spiro atoms. The van der Waals surface area contributed by atoms with Crippen LogP contribution in [-0.2, 0) is 0 Å². The summed E-state index contributed by atoms with van der Waals surface area (Å²) in [5.74, 6) is 1.07. The quantitative estimate of drug-likeness (QED) is 0.703. The van der Waals surface area contributed by atoms with E-state index in [1.54, 1.807) is 0 Å². The molecule has 2 heteroatoms. The van der Waals surface area contributed by atoms with E-state index >= 15 is 0 Å². The number of halogens is 1. The first-order valence-electron chi connectivity index (χ1n) is 6.13. The maximum Gasteiger partial charge on any atom is 0.0124 e. The minimum atomic E-state index is 0.692. The van der Waals surface area contributed by atoms with Gasteiger partial charge >= 0.3 is 0 Å². The molecule has 80 valence electrons. The Kier molecular flexibility index (Phi) is 2.40. The van der Waals surface area contributed by atoms with Crippen molar-refractivity contribution in [1.82, 2.24) is 4.90 Å². The van der Waals surface area contributed by atoms with Gasteiger partial charge in [-0.05, 0) is 50.0 Å². The highest BCUT2D eigenvalue weighted by molar-refractivity contribution is 9.09. The molecular weight excluding hydrogens is 238 g/mol. The third-order valence-corrected chi connectivity index (χ3v) is 5.84. The molecule has 3 aliphatic rings. The maximum atomic E-state index is 3.69. The minimum absolute atomic E-state index is 0.692. The summed E-state index contributed by atoms with van der Waals surface area (Å²) >= 11 is 3.69. The van der Waals surface area contributed by atoms with Crippen LogP contribution in [0, 0.1) is 11.3 Å². The van der Waals surface area contributed by atoms with Gasteiger partial charge in [-0.3, -0.25) is 4.90 Å². The van der Waals surface area contributed by atoms with Crippen molar-refractivity contribution in [2.75, 3.05) is 18.4 Å². The van der Waals surface area contributed by atoms with Gasteiger partial charge in [0.25, 0.3) is 0 Å². The Hall–Kier alpha value is 0.440. The first-order valence-corrected chi connectivity index (χ1v) is 7.25. The van der Waals surface area contributed by atoms with E-state index in [9.17, 15) is 0 Å². The summed E-state index contributed by atoms with van der Waals surface area (Å²) in [7, 11) is 0. The van der Waals surface area contributed by atoms with Crippen molar-refractivity contribution >= 4 is 15.9 Å². The normalized spacial score (nSPS) is 40.1. The van der Waals surface area contributed by atoms with Crippen LogP contribution in [0.2, 0.25) is 0 Å². The first-order chi connectivity index (χ1) is 6.83. The largest absolute Gasteiger partial charge is 0.300 e. The van der Waals surface area contributed by atoms with Crippen LogP contribution in [0.15, 0.2) is 0 Å². The van der Waals surface area contributed by atoms with E-state index < -0.39 is 0 Å². The van der Waals surface area contributed by atoms with Gasteiger partial charge in [-0.25, -0.2) is 0 Å². The smallest absolute Gasteiger partial charge is 0.0124 e. The van der Waals surface area contributed by atoms with Crippen molar-refractivity contribution in [2.24, 2.45) is 11.3 Å². The van der Waals surface area contributed by atoms with E-state index in [2.05, 4.69) is 20.8 Å². The van der Waals surface area contributed by atoms with Crippen LogP contribution in [0.4, 0.5) is 0 Å². The Morgan fingerprint density at radius 1 is 1.21 bits per heavy atom. The molecule has 14 heavy (non-hydrogen) atoms. The van der Waals surface area contributed by atoms with Crippen molar-refractivity contribution in [1.29, 1.82) is 0 Å². The van der Waals surface area contributed by atoms with E-state index in [1.165, 1.54) is 56.9 Å². The molecule has 0 aromatic carbocycles. The molecule has 1 nitrogen and oxygen atoms in total. The first kappa shape index (κ1) is 9.65. The second kappa shape index (κ2) is 3.48. The monoisotopic (exact) mass is 257 g/mol. The van der Waals surface area contributed by atoms with E-state index in [1.807, 2.05) is 0 Å². The Bertz CT molecular complexity index is 224. The molecule has 1 aliphatic heterocycles. The Morgan fingerprint density at radius 3 is 2.79 bits per heavy atom.